The molecule has 6 nitrogen and oxygen atoms in total. The average molecular weight is 537 g/mol. The Morgan fingerprint density at radius 2 is 1.51 bits per heavy atom. The molecule has 1 aromatic heterocycles. The van der Waals surface area contributed by atoms with Crippen LogP contribution in [0.15, 0.2) is 64.6 Å². The van der Waals surface area contributed by atoms with E-state index >= 15 is 0 Å². The van der Waals surface area contributed by atoms with E-state index in [-0.39, 0.29) is 32.9 Å². The molecule has 2 N–H and O–H groups in total. The van der Waals surface area contributed by atoms with E-state index in [9.17, 15) is 34.8 Å². The fraction of sp³-hybridized carbons (Fsp3) is 0.238. The number of halogens is 6. The molecule has 0 spiro atoms. The number of alkyl halides is 6. The first-order chi connectivity index (χ1) is 16.3. The fourth-order valence-electron chi connectivity index (χ4n) is 2.77. The van der Waals surface area contributed by atoms with Gasteiger partial charge < -0.3 is 10.6 Å². The first-order valence-corrected chi connectivity index (χ1v) is 12.5. The summed E-state index contributed by atoms with van der Waals surface area (Å²) in [4.78, 5) is 8.04. The van der Waals surface area contributed by atoms with Gasteiger partial charge in [0.2, 0.25) is 0 Å². The van der Waals surface area contributed by atoms with Crippen molar-refractivity contribution in [1.29, 1.82) is 0 Å². The predicted octanol–water partition coefficient (Wildman–Crippen LogP) is 6.43. The molecule has 1 heterocycles. The highest BCUT2D eigenvalue weighted by molar-refractivity contribution is 7.99. The Kier molecular flexibility index (Phi) is 7.84. The lowest BCUT2D eigenvalue weighted by Crippen LogP contribution is -2.11. The van der Waals surface area contributed by atoms with Crippen LogP contribution in [-0.4, -0.2) is 36.1 Å². The molecular formula is C21H18F6N4O2S2. The van der Waals surface area contributed by atoms with Crippen molar-refractivity contribution in [2.24, 2.45) is 0 Å². The molecule has 0 fully saturated rings. The summed E-state index contributed by atoms with van der Waals surface area (Å²) < 4.78 is 101. The van der Waals surface area contributed by atoms with Gasteiger partial charge in [-0.05, 0) is 42.5 Å². The largest absolute Gasteiger partial charge is 0.416 e. The van der Waals surface area contributed by atoms with Crippen molar-refractivity contribution in [2.45, 2.75) is 29.1 Å². The van der Waals surface area contributed by atoms with Gasteiger partial charge in [0.15, 0.2) is 9.84 Å². The maximum atomic E-state index is 12.7. The molecule has 188 valence electrons. The van der Waals surface area contributed by atoms with Crippen LogP contribution in [0.4, 0.5) is 49.4 Å². The van der Waals surface area contributed by atoms with Gasteiger partial charge in [-0.25, -0.2) is 18.4 Å². The second kappa shape index (κ2) is 10.3. The minimum atomic E-state index is -4.48. The quantitative estimate of drug-likeness (QED) is 0.254. The summed E-state index contributed by atoms with van der Waals surface area (Å²) in [6, 6.07) is 9.33. The highest BCUT2D eigenvalue weighted by atomic mass is 32.2. The Bertz CT molecular complexity index is 1280. The molecule has 0 saturated carbocycles. The molecule has 0 aliphatic heterocycles. The summed E-state index contributed by atoms with van der Waals surface area (Å²) in [5, 5.41) is 5.61. The van der Waals surface area contributed by atoms with Gasteiger partial charge in [-0.1, -0.05) is 6.92 Å². The third kappa shape index (κ3) is 7.49. The van der Waals surface area contributed by atoms with Gasteiger partial charge in [-0.3, -0.25) is 0 Å². The van der Waals surface area contributed by atoms with E-state index in [0.717, 1.165) is 18.5 Å². The maximum absolute atomic E-state index is 12.7. The zero-order valence-electron chi connectivity index (χ0n) is 17.9. The Hall–Kier alpha value is -3.00. The number of rotatable bonds is 8. The van der Waals surface area contributed by atoms with Crippen LogP contribution in [-0.2, 0) is 16.0 Å². The molecule has 0 radical (unpaired) electrons. The molecule has 0 bridgehead atoms. The van der Waals surface area contributed by atoms with Crippen molar-refractivity contribution in [3.05, 3.63) is 60.4 Å². The summed E-state index contributed by atoms with van der Waals surface area (Å²) in [5.74, 6) is -1.08. The monoisotopic (exact) mass is 536 g/mol. The number of anilines is 4. The summed E-state index contributed by atoms with van der Waals surface area (Å²) >= 11 is 0.477. The van der Waals surface area contributed by atoms with Gasteiger partial charge in [0, 0.05) is 16.6 Å². The van der Waals surface area contributed by atoms with Crippen molar-refractivity contribution >= 4 is 44.6 Å². The van der Waals surface area contributed by atoms with Crippen molar-refractivity contribution in [3.8, 4) is 0 Å². The fourth-order valence-corrected chi connectivity index (χ4v) is 4.43. The molecule has 3 rings (SSSR count). The van der Waals surface area contributed by atoms with E-state index in [4.69, 9.17) is 0 Å². The zero-order chi connectivity index (χ0) is 25.9. The van der Waals surface area contributed by atoms with Gasteiger partial charge in [-0.2, -0.15) is 26.3 Å². The van der Waals surface area contributed by atoms with E-state index in [1.807, 2.05) is 0 Å². The number of thioether (sulfide) groups is 1. The van der Waals surface area contributed by atoms with Crippen LogP contribution in [0.25, 0.3) is 0 Å². The van der Waals surface area contributed by atoms with Gasteiger partial charge in [0.1, 0.15) is 18.0 Å². The van der Waals surface area contributed by atoms with Crippen LogP contribution < -0.4 is 10.6 Å². The Balaban J connectivity index is 1.87. The van der Waals surface area contributed by atoms with E-state index < -0.39 is 33.5 Å². The molecule has 35 heavy (non-hydrogen) atoms. The number of hydrogen-bond donors (Lipinski definition) is 2. The molecule has 0 saturated heterocycles. The van der Waals surface area contributed by atoms with Crippen LogP contribution in [0.2, 0.25) is 0 Å². The molecule has 0 aliphatic carbocycles. The van der Waals surface area contributed by atoms with Gasteiger partial charge in [0.05, 0.1) is 27.7 Å². The van der Waals surface area contributed by atoms with Crippen molar-refractivity contribution in [2.75, 3.05) is 22.1 Å². The zero-order valence-corrected chi connectivity index (χ0v) is 19.5. The summed E-state index contributed by atoms with van der Waals surface area (Å²) in [6.45, 7) is 1.44. The summed E-state index contributed by atoms with van der Waals surface area (Å²) in [6.07, 6.45) is -7.79. The van der Waals surface area contributed by atoms with E-state index in [0.29, 0.717) is 17.4 Å². The van der Waals surface area contributed by atoms with Gasteiger partial charge in [-0.15, -0.1) is 11.8 Å². The number of aromatic nitrogens is 2. The minimum absolute atomic E-state index is 0.0731. The van der Waals surface area contributed by atoms with Gasteiger partial charge in [0.25, 0.3) is 0 Å². The lowest BCUT2D eigenvalue weighted by Gasteiger charge is -2.15. The van der Waals surface area contributed by atoms with Crippen molar-refractivity contribution < 1.29 is 34.8 Å². The molecule has 0 aliphatic rings. The van der Waals surface area contributed by atoms with Crippen LogP contribution in [0.1, 0.15) is 12.5 Å². The lowest BCUT2D eigenvalue weighted by molar-refractivity contribution is -0.137. The van der Waals surface area contributed by atoms with Crippen LogP contribution in [0.3, 0.4) is 0 Å². The molecule has 3 aromatic rings. The van der Waals surface area contributed by atoms with E-state index in [1.165, 1.54) is 43.3 Å². The normalized spacial score (nSPS) is 12.4. The van der Waals surface area contributed by atoms with Gasteiger partial charge >= 0.3 is 12.4 Å². The maximum Gasteiger partial charge on any atom is 0.416 e. The third-order valence-electron chi connectivity index (χ3n) is 4.50. The molecular weight excluding hydrogens is 518 g/mol. The second-order valence-corrected chi connectivity index (χ2v) is 10.4. The van der Waals surface area contributed by atoms with Crippen LogP contribution in [0.5, 0.6) is 0 Å². The standard InChI is InChI=1S/C21H18F6N4O2S2/c1-2-35(32,33)15-7-8-17(34-11-20(22,23)24)16(9-15)31-19-10-18(28-12-29-19)30-14-5-3-13(4-6-14)21(25,26)27/h3-10,12H,2,11H2,1H3,(H2,28,29,30,31). The number of hydrogen-bond acceptors (Lipinski definition) is 7. The number of nitrogens with zero attached hydrogens (tertiary/aromatic N) is 2. The molecule has 2 aromatic carbocycles. The second-order valence-electron chi connectivity index (χ2n) is 7.08. The third-order valence-corrected chi connectivity index (χ3v) is 7.37. The summed E-state index contributed by atoms with van der Waals surface area (Å²) in [7, 11) is -3.63. The smallest absolute Gasteiger partial charge is 0.340 e. The number of benzene rings is 2. The lowest BCUT2D eigenvalue weighted by atomic mass is 10.2. The predicted molar refractivity (Wildman–Crippen MR) is 121 cm³/mol. The number of sulfone groups is 1. The Morgan fingerprint density at radius 3 is 2.09 bits per heavy atom. The first kappa shape index (κ1) is 26.6. The molecule has 0 unspecified atom stereocenters. The van der Waals surface area contributed by atoms with E-state index in [1.54, 1.807) is 0 Å². The topological polar surface area (TPSA) is 84.0 Å². The Morgan fingerprint density at radius 1 is 0.886 bits per heavy atom. The minimum Gasteiger partial charge on any atom is -0.340 e. The molecule has 0 atom stereocenters. The highest BCUT2D eigenvalue weighted by Gasteiger charge is 2.30. The van der Waals surface area contributed by atoms with E-state index in [2.05, 4.69) is 20.6 Å². The first-order valence-electron chi connectivity index (χ1n) is 9.86. The van der Waals surface area contributed by atoms with Crippen molar-refractivity contribution in [1.82, 2.24) is 9.97 Å². The van der Waals surface area contributed by atoms with Crippen LogP contribution >= 0.6 is 11.8 Å². The Labute approximate surface area is 201 Å². The highest BCUT2D eigenvalue weighted by Crippen LogP contribution is 2.35. The summed E-state index contributed by atoms with van der Waals surface area (Å²) in [5.41, 5.74) is -0.424. The SMILES string of the molecule is CCS(=O)(=O)c1ccc(SCC(F)(F)F)c(Nc2cc(Nc3ccc(C(F)(F)F)cc3)ncn2)c1. The van der Waals surface area contributed by atoms with Crippen molar-refractivity contribution in [3.63, 3.8) is 0 Å². The number of nitrogens with one attached hydrogen (secondary N) is 2. The molecule has 14 heteroatoms. The molecule has 0 amide bonds. The van der Waals surface area contributed by atoms with Crippen LogP contribution in [0, 0.1) is 0 Å². The average Bonchev–Trinajstić information content (AvgIpc) is 2.77.